The fourth-order valence-corrected chi connectivity index (χ4v) is 13.4. The van der Waals surface area contributed by atoms with Crippen molar-refractivity contribution in [2.24, 2.45) is 16.8 Å². The topological polar surface area (TPSA) is 173 Å². The van der Waals surface area contributed by atoms with Gasteiger partial charge in [0.1, 0.15) is 24.7 Å². The first-order valence-electron chi connectivity index (χ1n) is 46.4. The quantitative estimate of drug-likeness (QED) is 0.0865. The van der Waals surface area contributed by atoms with Gasteiger partial charge in [-0.15, -0.1) is 11.3 Å². The van der Waals surface area contributed by atoms with Crippen molar-refractivity contribution in [1.82, 2.24) is 40.3 Å². The van der Waals surface area contributed by atoms with E-state index in [1.165, 1.54) is 91.9 Å². The molecule has 6 aliphatic rings. The first-order chi connectivity index (χ1) is 60.3. The van der Waals surface area contributed by atoms with Crippen molar-refractivity contribution in [3.05, 3.63) is 326 Å². The van der Waals surface area contributed by atoms with Crippen molar-refractivity contribution in [2.45, 2.75) is 337 Å². The Labute approximate surface area is 824 Å². The van der Waals surface area contributed by atoms with Crippen LogP contribution in [0.3, 0.4) is 0 Å². The summed E-state index contributed by atoms with van der Waals surface area (Å²) >= 11 is 1.72. The molecule has 0 unspecified atom stereocenters. The Kier molecular flexibility index (Phi) is 70.6. The Morgan fingerprint density at radius 1 is 0.366 bits per heavy atom. The number of aryl methyl sites for hydroxylation is 2. The summed E-state index contributed by atoms with van der Waals surface area (Å²) in [4.78, 5) is 21.9. The molecule has 5 aromatic carbocycles. The minimum absolute atomic E-state index is 0. The van der Waals surface area contributed by atoms with Crippen LogP contribution in [0.2, 0.25) is 0 Å². The molecule has 0 amide bonds. The molecule has 0 saturated heterocycles. The number of aliphatic imine (C=N–C) groups is 1. The number of anilines is 2. The molecule has 0 fully saturated rings. The second kappa shape index (κ2) is 72.9. The summed E-state index contributed by atoms with van der Waals surface area (Å²) in [7, 11) is 0. The standard InChI is InChI=1S/C12H16.C11H15NO.C11H14O.C10H14N2O.2C9H12.2C8H11N.C8H12.C7H11N.2C6H10N2.C6H9NS.8CH4/c1-9(2)11-7-6-10-4-3-5-12(10)8-11;1-8(2)9-3-4-10-11(7-9)13-6-5-12-10;1-8(2)10-4-3-9-5-6-12-11(9)7-10;1-7(2)8-5-9-10(12-6-8)11-3-4-13-9;2*1-8(2)9-6-4-3-5-7-9;1-7(2)8-4-3-5-9-6-8;1-7(2)8-5-3-4-6-9-8;1-7(2)8-5-3-4-6-8;1-6(2)7-3-4-8-5-7;1-5(2)6-3-7-8-4-6;1-5(2)6-3-4-7-8-6;1-5(2)6-3-7-4-8-6;;;;;;;;/h6-9H,3-5H2,1-2H3;3-4,7-8,12H,5-6H2,1-2H3;3-4,7-8H,5-6H2,1-2H3;5-7H,3-4H2,1-2H3,(H,11,12);2*3-8H,1-2H3;2*3-7H,1-2H3;3-5,7H,6H2,1-2H3;3,5-6H,4H2,1-2H3;2*3-5H,1-2H3,(H,7,8);3-5H,1-2H3;8*1H4. The van der Waals surface area contributed by atoms with Crippen LogP contribution in [0, 0.1) is 11.8 Å². The molecule has 4 aliphatic heterocycles. The average Bonchev–Trinajstić information content (AvgIpc) is 1.62. The second-order valence-electron chi connectivity index (χ2n) is 36.2. The minimum atomic E-state index is 0. The van der Waals surface area contributed by atoms with Gasteiger partial charge < -0.3 is 24.8 Å². The van der Waals surface area contributed by atoms with Crippen molar-refractivity contribution in [3.63, 3.8) is 0 Å². The molecule has 15 heteroatoms. The van der Waals surface area contributed by atoms with E-state index in [4.69, 9.17) is 14.2 Å². The number of ether oxygens (including phenoxy) is 3. The first-order valence-corrected chi connectivity index (χ1v) is 47.3. The van der Waals surface area contributed by atoms with E-state index in [1.807, 2.05) is 91.4 Å². The van der Waals surface area contributed by atoms with Crippen molar-refractivity contribution >= 4 is 29.1 Å². The van der Waals surface area contributed by atoms with Crippen molar-refractivity contribution in [2.75, 3.05) is 50.1 Å². The van der Waals surface area contributed by atoms with E-state index < -0.39 is 0 Å². The summed E-state index contributed by atoms with van der Waals surface area (Å²) < 4.78 is 16.5. The van der Waals surface area contributed by atoms with Crippen molar-refractivity contribution in [1.29, 1.82) is 0 Å². The zero-order chi connectivity index (χ0) is 92.3. The number of hydrogen-bond acceptors (Lipinski definition) is 13. The molecule has 10 heterocycles. The van der Waals surface area contributed by atoms with Crippen LogP contribution in [0.1, 0.15) is 395 Å². The molecule has 744 valence electrons. The van der Waals surface area contributed by atoms with Gasteiger partial charge in [-0.05, 0) is 218 Å². The van der Waals surface area contributed by atoms with E-state index in [1.54, 1.807) is 40.4 Å². The molecule has 0 saturated carbocycles. The number of aromatic amines is 2. The smallest absolute Gasteiger partial charge is 0.168 e. The fraction of sp³-hybridized carbons (Fsp3) is 0.487. The van der Waals surface area contributed by atoms with E-state index in [0.29, 0.717) is 71.0 Å². The average molecular weight is 1850 g/mol. The number of H-pyrrole nitrogens is 2. The first kappa shape index (κ1) is 130. The predicted octanol–water partition coefficient (Wildman–Crippen LogP) is 35.3. The minimum Gasteiger partial charge on any atom is -0.493 e. The fourth-order valence-electron chi connectivity index (χ4n) is 12.8. The monoisotopic (exact) mass is 1850 g/mol. The largest absolute Gasteiger partial charge is 0.493 e. The highest BCUT2D eigenvalue weighted by Crippen LogP contribution is 2.33. The Morgan fingerprint density at radius 2 is 0.896 bits per heavy atom. The van der Waals surface area contributed by atoms with E-state index in [0.717, 1.165) is 86.2 Å². The van der Waals surface area contributed by atoms with Crippen LogP contribution in [0.4, 0.5) is 11.5 Å². The number of fused-ring (bicyclic) bond motifs is 4. The van der Waals surface area contributed by atoms with Crippen LogP contribution in [-0.2, 0) is 19.3 Å². The van der Waals surface area contributed by atoms with Gasteiger partial charge in [0, 0.05) is 78.8 Å². The lowest BCUT2D eigenvalue weighted by Crippen LogP contribution is -2.19. The highest BCUT2D eigenvalue weighted by molar-refractivity contribution is 7.09. The van der Waals surface area contributed by atoms with Gasteiger partial charge in [-0.2, -0.15) is 10.2 Å². The van der Waals surface area contributed by atoms with Gasteiger partial charge in [-0.1, -0.05) is 379 Å². The number of rotatable bonds is 13. The third kappa shape index (κ3) is 50.7. The molecule has 6 aromatic heterocycles. The Bertz CT molecular complexity index is 4390. The van der Waals surface area contributed by atoms with Crippen LogP contribution in [0.5, 0.6) is 17.2 Å². The van der Waals surface area contributed by atoms with Gasteiger partial charge in [0.2, 0.25) is 0 Å². The Hall–Kier alpha value is -10.5. The summed E-state index contributed by atoms with van der Waals surface area (Å²) in [6.45, 7) is 61.8. The number of allylic oxidation sites excluding steroid dienone is 5. The molecule has 0 bridgehead atoms. The van der Waals surface area contributed by atoms with Crippen molar-refractivity contribution in [3.8, 4) is 17.2 Å². The van der Waals surface area contributed by atoms with E-state index in [-0.39, 0.29) is 59.4 Å². The zero-order valence-corrected chi connectivity index (χ0v) is 82.5. The SMILES string of the molecule is C.C.C.C.C.C.C.C.CC(C)C1=CC=CC1.CC(C)C1=CCN=C1.CC(C)c1ccc2c(c1)CCC2.CC(C)c1ccc2c(c1)OCC2.CC(C)c1ccc2c(c1)OCCN2.CC(C)c1ccccc1.CC(C)c1ccccc1.CC(C)c1ccccn1.CC(C)c1cccnc1.CC(C)c1ccn[nH]1.CC(C)c1cn[nH]c1.CC(C)c1cnc2c(c1)OCCN2.CC(C)c1cncs1. The number of nitrogens with one attached hydrogen (secondary N) is 4. The maximum atomic E-state index is 5.55. The Morgan fingerprint density at radius 3 is 1.30 bits per heavy atom. The summed E-state index contributed by atoms with van der Waals surface area (Å²) in [6.07, 6.45) is 31.8. The lowest BCUT2D eigenvalue weighted by atomic mass is 9.99. The van der Waals surface area contributed by atoms with E-state index >= 15 is 0 Å². The third-order valence-corrected chi connectivity index (χ3v) is 22.6. The van der Waals surface area contributed by atoms with Crippen molar-refractivity contribution < 1.29 is 14.2 Å². The third-order valence-electron chi connectivity index (χ3n) is 21.5. The number of benzene rings is 5. The molecule has 0 radical (unpaired) electrons. The molecule has 17 rings (SSSR count). The number of thiazole rings is 1. The molecular weight excluding hydrogens is 1660 g/mol. The second-order valence-corrected chi connectivity index (χ2v) is 37.1. The molecule has 11 aromatic rings. The van der Waals surface area contributed by atoms with Gasteiger partial charge in [-0.3, -0.25) is 30.1 Å². The number of pyridine rings is 3. The van der Waals surface area contributed by atoms with Crippen LogP contribution >= 0.6 is 11.3 Å². The van der Waals surface area contributed by atoms with Crippen LogP contribution in [0.25, 0.3) is 0 Å². The van der Waals surface area contributed by atoms with Gasteiger partial charge >= 0.3 is 0 Å². The molecule has 0 spiro atoms. The number of aromatic nitrogens is 8. The van der Waals surface area contributed by atoms with Gasteiger partial charge in [-0.25, -0.2) is 4.98 Å². The zero-order valence-electron chi connectivity index (χ0n) is 81.6. The number of nitrogens with zero attached hydrogens (tertiary/aromatic N) is 7. The molecule has 0 atom stereocenters. The summed E-state index contributed by atoms with van der Waals surface area (Å²) in [5.74, 6) is 11.9. The molecule has 4 N–H and O–H groups in total. The normalized spacial score (nSPS) is 12.2. The molecule has 134 heavy (non-hydrogen) atoms. The summed E-state index contributed by atoms with van der Waals surface area (Å²) in [5, 5.41) is 19.8. The summed E-state index contributed by atoms with van der Waals surface area (Å²) in [6, 6.07) is 55.1. The molecule has 14 nitrogen and oxygen atoms in total. The highest BCUT2D eigenvalue weighted by atomic mass is 32.1. The van der Waals surface area contributed by atoms with Crippen LogP contribution < -0.4 is 24.8 Å². The van der Waals surface area contributed by atoms with Gasteiger partial charge in [0.05, 0.1) is 37.1 Å². The molecule has 2 aliphatic carbocycles. The highest BCUT2D eigenvalue weighted by Gasteiger charge is 2.17. The Balaban J connectivity index is -0.000000682. The lowest BCUT2D eigenvalue weighted by molar-refractivity contribution is 0.321. The van der Waals surface area contributed by atoms with Gasteiger partial charge in [0.15, 0.2) is 11.6 Å². The van der Waals surface area contributed by atoms with Crippen LogP contribution in [0.15, 0.2) is 253 Å². The van der Waals surface area contributed by atoms with Crippen LogP contribution in [-0.4, -0.2) is 86.0 Å². The predicted molar refractivity (Wildman–Crippen MR) is 595 cm³/mol. The maximum Gasteiger partial charge on any atom is 0.168 e. The van der Waals surface area contributed by atoms with Gasteiger partial charge in [0.25, 0.3) is 0 Å². The van der Waals surface area contributed by atoms with E-state index in [2.05, 4.69) is 376 Å². The lowest BCUT2D eigenvalue weighted by Gasteiger charge is -2.20. The molecular formula is C119H189N11O3S. The number of hydrogen-bond donors (Lipinski definition) is 4. The maximum absolute atomic E-state index is 5.55. The summed E-state index contributed by atoms with van der Waals surface area (Å²) in [5.41, 5.74) is 23.7. The van der Waals surface area contributed by atoms with E-state index in [9.17, 15) is 0 Å².